The number of hydrazine groups is 1. The minimum atomic E-state index is -0.229. The molecule has 1 atom stereocenters. The van der Waals surface area contributed by atoms with Crippen LogP contribution in [0.5, 0.6) is 0 Å². The molecule has 3 N–H and O–H groups in total. The molecular formula is C11H16BrFN2. The van der Waals surface area contributed by atoms with Crippen molar-refractivity contribution in [3.8, 4) is 0 Å². The first-order chi connectivity index (χ1) is 7.04. The lowest BCUT2D eigenvalue weighted by Crippen LogP contribution is -2.40. The molecule has 0 aliphatic heterocycles. The highest BCUT2D eigenvalue weighted by atomic mass is 79.9. The highest BCUT2D eigenvalue weighted by Crippen LogP contribution is 2.20. The van der Waals surface area contributed by atoms with Gasteiger partial charge in [0.25, 0.3) is 0 Å². The summed E-state index contributed by atoms with van der Waals surface area (Å²) >= 11 is 3.35. The van der Waals surface area contributed by atoms with Crippen molar-refractivity contribution >= 4 is 15.9 Å². The van der Waals surface area contributed by atoms with Crippen LogP contribution in [0, 0.1) is 11.7 Å². The Morgan fingerprint density at radius 3 is 2.60 bits per heavy atom. The van der Waals surface area contributed by atoms with Gasteiger partial charge in [-0.2, -0.15) is 0 Å². The maximum absolute atomic E-state index is 12.9. The van der Waals surface area contributed by atoms with Crippen LogP contribution in [0.3, 0.4) is 0 Å². The van der Waals surface area contributed by atoms with Gasteiger partial charge >= 0.3 is 0 Å². The van der Waals surface area contributed by atoms with Gasteiger partial charge in [-0.15, -0.1) is 0 Å². The van der Waals surface area contributed by atoms with Crippen LogP contribution in [0.15, 0.2) is 22.7 Å². The van der Waals surface area contributed by atoms with E-state index in [4.69, 9.17) is 5.84 Å². The first-order valence-corrected chi connectivity index (χ1v) is 5.74. The number of rotatable bonds is 4. The van der Waals surface area contributed by atoms with Gasteiger partial charge in [0.05, 0.1) is 0 Å². The summed E-state index contributed by atoms with van der Waals surface area (Å²) in [6.07, 6.45) is 0.787. The van der Waals surface area contributed by atoms with Gasteiger partial charge in [-0.1, -0.05) is 35.8 Å². The quantitative estimate of drug-likeness (QED) is 0.655. The van der Waals surface area contributed by atoms with Crippen LogP contribution in [0.2, 0.25) is 0 Å². The molecule has 15 heavy (non-hydrogen) atoms. The topological polar surface area (TPSA) is 38.0 Å². The summed E-state index contributed by atoms with van der Waals surface area (Å²) in [5.74, 6) is 5.67. The van der Waals surface area contributed by atoms with Gasteiger partial charge in [0.15, 0.2) is 0 Å². The number of nitrogens with two attached hydrogens (primary N) is 1. The molecule has 0 fully saturated rings. The van der Waals surface area contributed by atoms with Crippen LogP contribution in [-0.4, -0.2) is 6.04 Å². The largest absolute Gasteiger partial charge is 0.271 e. The molecule has 1 unspecified atom stereocenters. The molecule has 0 amide bonds. The maximum atomic E-state index is 12.9. The van der Waals surface area contributed by atoms with E-state index in [-0.39, 0.29) is 11.9 Å². The SMILES string of the molecule is CC(C)C(Cc1ccc(F)cc1Br)NN. The second-order valence-corrected chi connectivity index (χ2v) is 4.81. The maximum Gasteiger partial charge on any atom is 0.124 e. The predicted octanol–water partition coefficient (Wildman–Crippen LogP) is 2.62. The van der Waals surface area contributed by atoms with Gasteiger partial charge < -0.3 is 0 Å². The Labute approximate surface area is 98.1 Å². The lowest BCUT2D eigenvalue weighted by Gasteiger charge is -2.20. The van der Waals surface area contributed by atoms with Gasteiger partial charge in [-0.05, 0) is 30.0 Å². The molecule has 0 aliphatic rings. The number of halogens is 2. The van der Waals surface area contributed by atoms with E-state index in [0.29, 0.717) is 5.92 Å². The Bertz CT molecular complexity index is 328. The van der Waals surface area contributed by atoms with E-state index in [1.165, 1.54) is 12.1 Å². The highest BCUT2D eigenvalue weighted by molar-refractivity contribution is 9.10. The molecule has 84 valence electrons. The van der Waals surface area contributed by atoms with Crippen molar-refractivity contribution in [2.24, 2.45) is 11.8 Å². The van der Waals surface area contributed by atoms with Crippen LogP contribution in [0.1, 0.15) is 19.4 Å². The molecule has 2 nitrogen and oxygen atoms in total. The molecule has 0 heterocycles. The van der Waals surface area contributed by atoms with Gasteiger partial charge in [0, 0.05) is 10.5 Å². The second kappa shape index (κ2) is 5.58. The zero-order valence-corrected chi connectivity index (χ0v) is 10.5. The van der Waals surface area contributed by atoms with E-state index in [1.54, 1.807) is 6.07 Å². The standard InChI is InChI=1S/C11H16BrFN2/c1-7(2)11(15-14)5-8-3-4-9(13)6-10(8)12/h3-4,6-7,11,15H,5,14H2,1-2H3. The summed E-state index contributed by atoms with van der Waals surface area (Å²) in [7, 11) is 0. The Kier molecular flexibility index (Phi) is 4.70. The van der Waals surface area contributed by atoms with E-state index in [9.17, 15) is 4.39 Å². The van der Waals surface area contributed by atoms with E-state index in [2.05, 4.69) is 35.2 Å². The van der Waals surface area contributed by atoms with Crippen molar-refractivity contribution in [2.75, 3.05) is 0 Å². The second-order valence-electron chi connectivity index (χ2n) is 3.96. The summed E-state index contributed by atoms with van der Waals surface area (Å²) in [6, 6.07) is 4.93. The fourth-order valence-electron chi connectivity index (χ4n) is 1.41. The molecule has 0 saturated heterocycles. The monoisotopic (exact) mass is 274 g/mol. The molecule has 1 rings (SSSR count). The molecular weight excluding hydrogens is 259 g/mol. The zero-order valence-electron chi connectivity index (χ0n) is 8.93. The van der Waals surface area contributed by atoms with E-state index in [0.717, 1.165) is 16.5 Å². The van der Waals surface area contributed by atoms with Gasteiger partial charge in [0.1, 0.15) is 5.82 Å². The van der Waals surface area contributed by atoms with Crippen molar-refractivity contribution in [3.63, 3.8) is 0 Å². The smallest absolute Gasteiger partial charge is 0.124 e. The average molecular weight is 275 g/mol. The summed E-state index contributed by atoms with van der Waals surface area (Å²) in [5, 5.41) is 0. The van der Waals surface area contributed by atoms with Gasteiger partial charge in [-0.25, -0.2) is 4.39 Å². The Hall–Kier alpha value is -0.450. The molecule has 0 bridgehead atoms. The van der Waals surface area contributed by atoms with Crippen LogP contribution < -0.4 is 11.3 Å². The van der Waals surface area contributed by atoms with Crippen LogP contribution in [0.4, 0.5) is 4.39 Å². The normalized spacial score (nSPS) is 13.2. The van der Waals surface area contributed by atoms with Crippen LogP contribution in [-0.2, 0) is 6.42 Å². The number of nitrogens with one attached hydrogen (secondary N) is 1. The number of hydrogen-bond donors (Lipinski definition) is 2. The summed E-state index contributed by atoms with van der Waals surface area (Å²) in [6.45, 7) is 4.20. The third-order valence-electron chi connectivity index (χ3n) is 2.47. The Balaban J connectivity index is 2.79. The van der Waals surface area contributed by atoms with Crippen molar-refractivity contribution in [3.05, 3.63) is 34.1 Å². The van der Waals surface area contributed by atoms with Gasteiger partial charge in [-0.3, -0.25) is 11.3 Å². The summed E-state index contributed by atoms with van der Waals surface area (Å²) in [5.41, 5.74) is 3.84. The Morgan fingerprint density at radius 2 is 2.13 bits per heavy atom. The fraction of sp³-hybridized carbons (Fsp3) is 0.455. The molecule has 0 radical (unpaired) electrons. The summed E-state index contributed by atoms with van der Waals surface area (Å²) in [4.78, 5) is 0. The first kappa shape index (κ1) is 12.6. The zero-order chi connectivity index (χ0) is 11.4. The average Bonchev–Trinajstić information content (AvgIpc) is 2.16. The lowest BCUT2D eigenvalue weighted by atomic mass is 9.97. The molecule has 1 aromatic carbocycles. The van der Waals surface area contributed by atoms with E-state index >= 15 is 0 Å². The van der Waals surface area contributed by atoms with Gasteiger partial charge in [0.2, 0.25) is 0 Å². The number of benzene rings is 1. The molecule has 0 saturated carbocycles. The van der Waals surface area contributed by atoms with Crippen molar-refractivity contribution in [2.45, 2.75) is 26.3 Å². The predicted molar refractivity (Wildman–Crippen MR) is 63.8 cm³/mol. The van der Waals surface area contributed by atoms with Crippen molar-refractivity contribution < 1.29 is 4.39 Å². The highest BCUT2D eigenvalue weighted by Gasteiger charge is 2.13. The molecule has 0 spiro atoms. The Morgan fingerprint density at radius 1 is 1.47 bits per heavy atom. The molecule has 4 heteroatoms. The number of hydrogen-bond acceptors (Lipinski definition) is 2. The third-order valence-corrected chi connectivity index (χ3v) is 3.21. The van der Waals surface area contributed by atoms with E-state index < -0.39 is 0 Å². The van der Waals surface area contributed by atoms with Crippen LogP contribution >= 0.6 is 15.9 Å². The van der Waals surface area contributed by atoms with Crippen molar-refractivity contribution in [1.82, 2.24) is 5.43 Å². The molecule has 0 aromatic heterocycles. The third kappa shape index (κ3) is 3.55. The first-order valence-electron chi connectivity index (χ1n) is 4.94. The summed E-state index contributed by atoms with van der Waals surface area (Å²) < 4.78 is 13.6. The molecule has 0 aliphatic carbocycles. The van der Waals surface area contributed by atoms with Crippen molar-refractivity contribution in [1.29, 1.82) is 0 Å². The molecule has 1 aromatic rings. The lowest BCUT2D eigenvalue weighted by molar-refractivity contribution is 0.404. The van der Waals surface area contributed by atoms with E-state index in [1.807, 2.05) is 0 Å². The minimum absolute atomic E-state index is 0.201. The fourth-order valence-corrected chi connectivity index (χ4v) is 1.92. The minimum Gasteiger partial charge on any atom is -0.271 e. The van der Waals surface area contributed by atoms with Crippen LogP contribution in [0.25, 0.3) is 0 Å².